The zero-order valence-electron chi connectivity index (χ0n) is 16.4. The highest BCUT2D eigenvalue weighted by Gasteiger charge is 2.45. The summed E-state index contributed by atoms with van der Waals surface area (Å²) >= 11 is 0. The molecule has 6 nitrogen and oxygen atoms in total. The van der Waals surface area contributed by atoms with Crippen LogP contribution in [0, 0.1) is 5.41 Å². The number of rotatable bonds is 3. The summed E-state index contributed by atoms with van der Waals surface area (Å²) in [5.74, 6) is 1.29. The van der Waals surface area contributed by atoms with Crippen LogP contribution in [0.5, 0.6) is 5.75 Å². The molecule has 5 rings (SSSR count). The second-order valence-corrected chi connectivity index (χ2v) is 8.93. The molecule has 2 amide bonds. The Morgan fingerprint density at radius 3 is 2.86 bits per heavy atom. The maximum absolute atomic E-state index is 13.1. The summed E-state index contributed by atoms with van der Waals surface area (Å²) < 4.78 is 5.69. The Morgan fingerprint density at radius 2 is 2.00 bits per heavy atom. The highest BCUT2D eigenvalue weighted by molar-refractivity contribution is 5.96. The first-order chi connectivity index (χ1) is 13.6. The molecule has 4 aliphatic rings. The topological polar surface area (TPSA) is 53.1 Å². The molecule has 3 heterocycles. The first kappa shape index (κ1) is 18.0. The van der Waals surface area contributed by atoms with Gasteiger partial charge in [0.05, 0.1) is 18.8 Å². The minimum absolute atomic E-state index is 0.152. The summed E-state index contributed by atoms with van der Waals surface area (Å²) in [4.78, 5) is 31.8. The summed E-state index contributed by atoms with van der Waals surface area (Å²) in [6.45, 7) is 4.40. The Bertz CT molecular complexity index is 778. The monoisotopic (exact) mass is 383 g/mol. The van der Waals surface area contributed by atoms with Crippen molar-refractivity contribution in [1.82, 2.24) is 9.80 Å². The summed E-state index contributed by atoms with van der Waals surface area (Å²) in [6, 6.07) is 8.28. The summed E-state index contributed by atoms with van der Waals surface area (Å²) in [5.41, 5.74) is 1.06. The van der Waals surface area contributed by atoms with E-state index in [9.17, 15) is 9.59 Å². The Labute approximate surface area is 166 Å². The third-order valence-electron chi connectivity index (χ3n) is 6.81. The van der Waals surface area contributed by atoms with Gasteiger partial charge in [-0.3, -0.25) is 14.5 Å². The number of carbonyl (C=O) groups excluding carboxylic acids is 2. The van der Waals surface area contributed by atoms with E-state index >= 15 is 0 Å². The van der Waals surface area contributed by atoms with E-state index in [1.54, 1.807) is 0 Å². The molecule has 1 saturated carbocycles. The van der Waals surface area contributed by atoms with E-state index in [0.717, 1.165) is 43.9 Å². The third kappa shape index (κ3) is 3.39. The number of para-hydroxylation sites is 2. The van der Waals surface area contributed by atoms with Crippen molar-refractivity contribution in [3.05, 3.63) is 24.3 Å². The van der Waals surface area contributed by atoms with Gasteiger partial charge in [0.1, 0.15) is 12.4 Å². The van der Waals surface area contributed by atoms with Crippen molar-refractivity contribution in [3.63, 3.8) is 0 Å². The van der Waals surface area contributed by atoms with Gasteiger partial charge in [-0.05, 0) is 50.8 Å². The summed E-state index contributed by atoms with van der Waals surface area (Å²) in [7, 11) is 0. The molecule has 28 heavy (non-hydrogen) atoms. The lowest BCUT2D eigenvalue weighted by molar-refractivity contribution is -0.140. The molecule has 1 aromatic rings. The van der Waals surface area contributed by atoms with Crippen molar-refractivity contribution >= 4 is 17.5 Å². The highest BCUT2D eigenvalue weighted by Crippen LogP contribution is 2.42. The average molecular weight is 383 g/mol. The SMILES string of the molecule is O=C(CN1CCC[C@@]2(CCC(=O)N(C3CC3)C2)C1)N1CCOc2ccccc21. The lowest BCUT2D eigenvalue weighted by Crippen LogP contribution is -2.56. The van der Waals surface area contributed by atoms with Crippen LogP contribution in [-0.4, -0.2) is 67.0 Å². The van der Waals surface area contributed by atoms with Crippen molar-refractivity contribution in [2.24, 2.45) is 5.41 Å². The fourth-order valence-electron chi connectivity index (χ4n) is 5.25. The lowest BCUT2D eigenvalue weighted by atomic mass is 9.73. The van der Waals surface area contributed by atoms with Crippen LogP contribution in [0.4, 0.5) is 5.69 Å². The number of fused-ring (bicyclic) bond motifs is 1. The van der Waals surface area contributed by atoms with Crippen molar-refractivity contribution in [2.45, 2.75) is 44.6 Å². The number of amides is 2. The van der Waals surface area contributed by atoms with Gasteiger partial charge in [0.25, 0.3) is 0 Å². The molecule has 3 aliphatic heterocycles. The average Bonchev–Trinajstić information content (AvgIpc) is 3.55. The van der Waals surface area contributed by atoms with Crippen LogP contribution in [0.25, 0.3) is 0 Å². The van der Waals surface area contributed by atoms with Crippen molar-refractivity contribution in [2.75, 3.05) is 44.2 Å². The van der Waals surface area contributed by atoms with Crippen LogP contribution in [0.15, 0.2) is 24.3 Å². The van der Waals surface area contributed by atoms with E-state index in [1.165, 1.54) is 19.3 Å². The second-order valence-electron chi connectivity index (χ2n) is 8.93. The van der Waals surface area contributed by atoms with Crippen molar-refractivity contribution in [3.8, 4) is 5.75 Å². The molecule has 1 atom stereocenters. The van der Waals surface area contributed by atoms with E-state index in [1.807, 2.05) is 29.2 Å². The molecule has 0 aromatic heterocycles. The van der Waals surface area contributed by atoms with E-state index in [-0.39, 0.29) is 11.3 Å². The maximum Gasteiger partial charge on any atom is 0.241 e. The summed E-state index contributed by atoms with van der Waals surface area (Å²) in [5, 5.41) is 0. The number of likely N-dealkylation sites (tertiary alicyclic amines) is 2. The van der Waals surface area contributed by atoms with Gasteiger partial charge in [-0.25, -0.2) is 0 Å². The van der Waals surface area contributed by atoms with Crippen LogP contribution in [0.3, 0.4) is 0 Å². The van der Waals surface area contributed by atoms with Gasteiger partial charge in [0.2, 0.25) is 11.8 Å². The Balaban J connectivity index is 1.26. The van der Waals surface area contributed by atoms with Crippen molar-refractivity contribution in [1.29, 1.82) is 0 Å². The maximum atomic E-state index is 13.1. The number of hydrogen-bond acceptors (Lipinski definition) is 4. The van der Waals surface area contributed by atoms with Crippen LogP contribution in [0.2, 0.25) is 0 Å². The van der Waals surface area contributed by atoms with E-state index in [4.69, 9.17) is 4.74 Å². The Kier molecular flexibility index (Phi) is 4.54. The predicted octanol–water partition coefficient (Wildman–Crippen LogP) is 2.28. The van der Waals surface area contributed by atoms with Gasteiger partial charge in [-0.2, -0.15) is 0 Å². The molecule has 6 heteroatoms. The molecule has 150 valence electrons. The number of hydrogen-bond donors (Lipinski definition) is 0. The largest absolute Gasteiger partial charge is 0.490 e. The first-order valence-corrected chi connectivity index (χ1v) is 10.7. The van der Waals surface area contributed by atoms with Crippen molar-refractivity contribution < 1.29 is 14.3 Å². The minimum Gasteiger partial charge on any atom is -0.490 e. The molecule has 0 unspecified atom stereocenters. The molecule has 0 bridgehead atoms. The molecular weight excluding hydrogens is 354 g/mol. The second kappa shape index (κ2) is 7.07. The smallest absolute Gasteiger partial charge is 0.241 e. The zero-order chi connectivity index (χ0) is 19.1. The van der Waals surface area contributed by atoms with Gasteiger partial charge in [-0.15, -0.1) is 0 Å². The predicted molar refractivity (Wildman–Crippen MR) is 106 cm³/mol. The highest BCUT2D eigenvalue weighted by atomic mass is 16.5. The Morgan fingerprint density at radius 1 is 1.14 bits per heavy atom. The molecular formula is C22H29N3O3. The van der Waals surface area contributed by atoms with E-state index in [0.29, 0.717) is 38.1 Å². The van der Waals surface area contributed by atoms with Crippen LogP contribution < -0.4 is 9.64 Å². The van der Waals surface area contributed by atoms with Gasteiger partial charge in [0, 0.05) is 31.0 Å². The molecule has 0 N–H and O–H groups in total. The molecule has 1 spiro atoms. The number of ether oxygens (including phenoxy) is 1. The number of benzene rings is 1. The summed E-state index contributed by atoms with van der Waals surface area (Å²) in [6.07, 6.45) is 6.27. The fraction of sp³-hybridized carbons (Fsp3) is 0.636. The normalized spacial score (nSPS) is 28.2. The standard InChI is InChI=1S/C22H29N3O3/c26-20-8-10-22(16-25(20)17-6-7-17)9-3-11-23(15-22)14-21(27)24-12-13-28-19-5-2-1-4-18(19)24/h1-2,4-5,17H,3,6-16H2/t22-/m1/s1. The molecule has 1 aromatic carbocycles. The first-order valence-electron chi connectivity index (χ1n) is 10.7. The van der Waals surface area contributed by atoms with E-state index < -0.39 is 0 Å². The lowest BCUT2D eigenvalue weighted by Gasteiger charge is -2.48. The minimum atomic E-state index is 0.152. The number of piperidine rings is 2. The molecule has 2 saturated heterocycles. The zero-order valence-corrected chi connectivity index (χ0v) is 16.4. The molecule has 1 aliphatic carbocycles. The van der Waals surface area contributed by atoms with Crippen LogP contribution in [0.1, 0.15) is 38.5 Å². The number of nitrogens with zero attached hydrogens (tertiary/aromatic N) is 3. The molecule has 3 fully saturated rings. The third-order valence-corrected chi connectivity index (χ3v) is 6.81. The van der Waals surface area contributed by atoms with Gasteiger partial charge >= 0.3 is 0 Å². The van der Waals surface area contributed by atoms with Gasteiger partial charge in [0.15, 0.2) is 0 Å². The van der Waals surface area contributed by atoms with Gasteiger partial charge < -0.3 is 14.5 Å². The van der Waals surface area contributed by atoms with Crippen LogP contribution in [-0.2, 0) is 9.59 Å². The van der Waals surface area contributed by atoms with Crippen LogP contribution >= 0.6 is 0 Å². The van der Waals surface area contributed by atoms with Gasteiger partial charge in [-0.1, -0.05) is 12.1 Å². The quantitative estimate of drug-likeness (QED) is 0.804. The number of anilines is 1. The molecule has 0 radical (unpaired) electrons. The fourth-order valence-corrected chi connectivity index (χ4v) is 5.25. The number of carbonyl (C=O) groups is 2. The Hall–Kier alpha value is -2.08. The van der Waals surface area contributed by atoms with E-state index in [2.05, 4.69) is 9.80 Å².